The van der Waals surface area contributed by atoms with E-state index in [1.807, 2.05) is 0 Å². The number of nitro benzene ring substituents is 1. The Morgan fingerprint density at radius 1 is 1.33 bits per heavy atom. The largest absolute Gasteiger partial charge is 0.391 e. The van der Waals surface area contributed by atoms with Crippen molar-refractivity contribution >= 4 is 27.3 Å². The van der Waals surface area contributed by atoms with Crippen LogP contribution < -0.4 is 4.72 Å². The summed E-state index contributed by atoms with van der Waals surface area (Å²) in [6.45, 7) is 0. The number of benzene rings is 1. The van der Waals surface area contributed by atoms with Gasteiger partial charge in [-0.05, 0) is 18.9 Å². The van der Waals surface area contributed by atoms with E-state index in [0.717, 1.165) is 25.0 Å². The van der Waals surface area contributed by atoms with Gasteiger partial charge in [0.1, 0.15) is 4.90 Å². The summed E-state index contributed by atoms with van der Waals surface area (Å²) in [6, 6.07) is 2.63. The number of rotatable bonds is 4. The Labute approximate surface area is 127 Å². The summed E-state index contributed by atoms with van der Waals surface area (Å²) >= 11 is 5.84. The zero-order valence-corrected chi connectivity index (χ0v) is 12.6. The van der Waals surface area contributed by atoms with E-state index in [9.17, 15) is 23.6 Å². The third kappa shape index (κ3) is 3.70. The number of nitrogens with one attached hydrogen (secondary N) is 1. The highest BCUT2D eigenvalue weighted by Gasteiger charge is 2.30. The Bertz CT molecular complexity index is 649. The zero-order chi connectivity index (χ0) is 15.6. The molecule has 0 radical (unpaired) electrons. The third-order valence-electron chi connectivity index (χ3n) is 3.45. The number of hydrogen-bond donors (Lipinski definition) is 2. The van der Waals surface area contributed by atoms with Crippen LogP contribution >= 0.6 is 11.6 Å². The van der Waals surface area contributed by atoms with Gasteiger partial charge in [-0.3, -0.25) is 10.1 Å². The first kappa shape index (κ1) is 16.2. The first-order valence-electron chi connectivity index (χ1n) is 6.45. The molecule has 0 heterocycles. The minimum Gasteiger partial charge on any atom is -0.391 e. The van der Waals surface area contributed by atoms with Crippen LogP contribution in [0.1, 0.15) is 25.7 Å². The molecule has 0 aliphatic heterocycles. The minimum atomic E-state index is -4.03. The highest BCUT2D eigenvalue weighted by molar-refractivity contribution is 7.89. The van der Waals surface area contributed by atoms with Crippen LogP contribution in [-0.4, -0.2) is 30.6 Å². The topological polar surface area (TPSA) is 110 Å². The summed E-state index contributed by atoms with van der Waals surface area (Å²) in [7, 11) is -4.03. The Kier molecular flexibility index (Phi) is 4.82. The van der Waals surface area contributed by atoms with E-state index in [1.54, 1.807) is 0 Å². The predicted molar refractivity (Wildman–Crippen MR) is 76.7 cm³/mol. The average molecular weight is 335 g/mol. The van der Waals surface area contributed by atoms with E-state index >= 15 is 0 Å². The fourth-order valence-electron chi connectivity index (χ4n) is 2.32. The summed E-state index contributed by atoms with van der Waals surface area (Å²) in [4.78, 5) is 9.70. The van der Waals surface area contributed by atoms with Gasteiger partial charge in [0.05, 0.1) is 16.0 Å². The van der Waals surface area contributed by atoms with Crippen molar-refractivity contribution < 1.29 is 18.4 Å². The Morgan fingerprint density at radius 3 is 2.62 bits per heavy atom. The molecular formula is C12H15ClN2O5S. The number of aliphatic hydroxyl groups is 1. The second kappa shape index (κ2) is 6.27. The van der Waals surface area contributed by atoms with Crippen LogP contribution in [0.3, 0.4) is 0 Å². The quantitative estimate of drug-likeness (QED) is 0.644. The van der Waals surface area contributed by atoms with Gasteiger partial charge in [-0.15, -0.1) is 0 Å². The molecule has 1 aliphatic rings. The van der Waals surface area contributed by atoms with Gasteiger partial charge in [0, 0.05) is 18.2 Å². The number of halogens is 1. The number of nitrogens with zero attached hydrogens (tertiary/aromatic N) is 1. The Balaban J connectivity index is 2.30. The van der Waals surface area contributed by atoms with E-state index < -0.39 is 27.1 Å². The lowest BCUT2D eigenvalue weighted by Crippen LogP contribution is -2.45. The van der Waals surface area contributed by atoms with Crippen molar-refractivity contribution in [3.8, 4) is 0 Å². The van der Waals surface area contributed by atoms with Crippen molar-refractivity contribution in [3.05, 3.63) is 33.3 Å². The van der Waals surface area contributed by atoms with Crippen LogP contribution in [0.4, 0.5) is 5.69 Å². The van der Waals surface area contributed by atoms with Crippen molar-refractivity contribution in [1.82, 2.24) is 4.72 Å². The van der Waals surface area contributed by atoms with E-state index in [-0.39, 0.29) is 15.6 Å². The van der Waals surface area contributed by atoms with Crippen molar-refractivity contribution in [2.24, 2.45) is 0 Å². The average Bonchev–Trinajstić information content (AvgIpc) is 2.41. The number of hydrogen-bond acceptors (Lipinski definition) is 5. The van der Waals surface area contributed by atoms with Crippen LogP contribution in [0.5, 0.6) is 0 Å². The molecule has 7 nitrogen and oxygen atoms in total. The molecule has 0 aromatic heterocycles. The monoisotopic (exact) mass is 334 g/mol. The Morgan fingerprint density at radius 2 is 2.00 bits per heavy atom. The smallest absolute Gasteiger partial charge is 0.270 e. The molecule has 9 heteroatoms. The summed E-state index contributed by atoms with van der Waals surface area (Å²) in [6.07, 6.45) is 1.94. The number of non-ortho nitro benzene ring substituents is 1. The van der Waals surface area contributed by atoms with Crippen LogP contribution in [0, 0.1) is 10.1 Å². The maximum Gasteiger partial charge on any atom is 0.270 e. The molecule has 2 rings (SSSR count). The van der Waals surface area contributed by atoms with Gasteiger partial charge in [-0.1, -0.05) is 24.4 Å². The van der Waals surface area contributed by atoms with Gasteiger partial charge in [0.15, 0.2) is 0 Å². The van der Waals surface area contributed by atoms with Gasteiger partial charge in [-0.25, -0.2) is 13.1 Å². The van der Waals surface area contributed by atoms with Crippen LogP contribution in [-0.2, 0) is 10.0 Å². The standard InChI is InChI=1S/C12H15ClN2O5S/c13-9-6-5-8(15(17)18)7-12(9)21(19,20)14-10-3-1-2-4-11(10)16/h5-7,10-11,14,16H,1-4H2/t10-,11-/m1/s1. The van der Waals surface area contributed by atoms with E-state index in [2.05, 4.69) is 4.72 Å². The predicted octanol–water partition coefficient (Wildman–Crippen LogP) is 1.83. The van der Waals surface area contributed by atoms with Crippen molar-refractivity contribution in [1.29, 1.82) is 0 Å². The van der Waals surface area contributed by atoms with E-state index in [4.69, 9.17) is 11.6 Å². The molecule has 1 aliphatic carbocycles. The molecule has 1 fully saturated rings. The lowest BCUT2D eigenvalue weighted by atomic mass is 9.93. The fraction of sp³-hybridized carbons (Fsp3) is 0.500. The molecule has 0 amide bonds. The molecule has 2 N–H and O–H groups in total. The summed E-state index contributed by atoms with van der Waals surface area (Å²) in [5.74, 6) is 0. The first-order valence-corrected chi connectivity index (χ1v) is 8.32. The summed E-state index contributed by atoms with van der Waals surface area (Å²) in [5, 5.41) is 20.5. The van der Waals surface area contributed by atoms with Crippen LogP contribution in [0.15, 0.2) is 23.1 Å². The summed E-state index contributed by atoms with van der Waals surface area (Å²) in [5.41, 5.74) is -0.357. The normalized spacial score (nSPS) is 23.0. The van der Waals surface area contributed by atoms with Crippen LogP contribution in [0.2, 0.25) is 5.02 Å². The molecule has 0 saturated heterocycles. The summed E-state index contributed by atoms with van der Waals surface area (Å²) < 4.78 is 27.0. The molecule has 0 unspecified atom stereocenters. The van der Waals surface area contributed by atoms with E-state index in [1.165, 1.54) is 6.07 Å². The van der Waals surface area contributed by atoms with E-state index in [0.29, 0.717) is 12.8 Å². The molecule has 1 aromatic rings. The highest BCUT2D eigenvalue weighted by Crippen LogP contribution is 2.27. The molecule has 1 saturated carbocycles. The van der Waals surface area contributed by atoms with Crippen LogP contribution in [0.25, 0.3) is 0 Å². The second-order valence-corrected chi connectivity index (χ2v) is 7.04. The minimum absolute atomic E-state index is 0.0987. The zero-order valence-electron chi connectivity index (χ0n) is 11.0. The van der Waals surface area contributed by atoms with Gasteiger partial charge < -0.3 is 5.11 Å². The molecular weight excluding hydrogens is 320 g/mol. The number of nitro groups is 1. The Hall–Kier alpha value is -1.22. The second-order valence-electron chi connectivity index (χ2n) is 4.95. The van der Waals surface area contributed by atoms with Gasteiger partial charge in [0.25, 0.3) is 5.69 Å². The molecule has 2 atom stereocenters. The SMILES string of the molecule is O=[N+]([O-])c1ccc(Cl)c(S(=O)(=O)N[C@@H]2CCCC[C@H]2O)c1. The van der Waals surface area contributed by atoms with Crippen molar-refractivity contribution in [2.45, 2.75) is 42.7 Å². The lowest BCUT2D eigenvalue weighted by Gasteiger charge is -2.28. The molecule has 1 aromatic carbocycles. The van der Waals surface area contributed by atoms with Gasteiger partial charge in [0.2, 0.25) is 10.0 Å². The third-order valence-corrected chi connectivity index (χ3v) is 5.42. The van der Waals surface area contributed by atoms with Gasteiger partial charge in [-0.2, -0.15) is 0 Å². The molecule has 0 spiro atoms. The first-order chi connectivity index (χ1) is 9.81. The molecule has 116 valence electrons. The highest BCUT2D eigenvalue weighted by atomic mass is 35.5. The van der Waals surface area contributed by atoms with Crippen molar-refractivity contribution in [3.63, 3.8) is 0 Å². The lowest BCUT2D eigenvalue weighted by molar-refractivity contribution is -0.385. The van der Waals surface area contributed by atoms with Gasteiger partial charge >= 0.3 is 0 Å². The molecule has 0 bridgehead atoms. The molecule has 21 heavy (non-hydrogen) atoms. The fourth-order valence-corrected chi connectivity index (χ4v) is 4.15. The number of sulfonamides is 1. The maximum absolute atomic E-state index is 12.3. The van der Waals surface area contributed by atoms with Crippen molar-refractivity contribution in [2.75, 3.05) is 0 Å². The maximum atomic E-state index is 12.3. The number of aliphatic hydroxyl groups excluding tert-OH is 1.